The van der Waals surface area contributed by atoms with Crippen LogP contribution in [0.2, 0.25) is 0 Å². The van der Waals surface area contributed by atoms with E-state index in [2.05, 4.69) is 22.0 Å². The second-order valence-electron chi connectivity index (χ2n) is 3.16. The van der Waals surface area contributed by atoms with E-state index in [1.54, 1.807) is 18.7 Å². The molecule has 0 saturated heterocycles. The maximum absolute atomic E-state index is 11.0. The first-order valence-corrected chi connectivity index (χ1v) is 6.31. The number of Topliss-reactive ketones (excluding diaryl/α,β-unsaturated/α-hetero) is 1. The summed E-state index contributed by atoms with van der Waals surface area (Å²) in [5.74, 6) is 1.12. The Bertz CT molecular complexity index is 325. The summed E-state index contributed by atoms with van der Waals surface area (Å²) in [4.78, 5) is 11.0. The molecule has 76 valence electrons. The Morgan fingerprint density at radius 1 is 1.50 bits per heavy atom. The zero-order chi connectivity index (χ0) is 10.6. The Hall–Kier alpha value is -0.280. The van der Waals surface area contributed by atoms with Gasteiger partial charge in [-0.15, -0.1) is 11.8 Å². The maximum Gasteiger partial charge on any atom is 0.142 e. The minimum Gasteiger partial charge on any atom is -0.299 e. The molecule has 0 saturated carbocycles. The molecule has 1 nitrogen and oxygen atoms in total. The number of hydrogen-bond donors (Lipinski definition) is 0. The van der Waals surface area contributed by atoms with Crippen LogP contribution in [-0.2, 0) is 10.5 Å². The van der Waals surface area contributed by atoms with Crippen molar-refractivity contribution >= 4 is 33.5 Å². The van der Waals surface area contributed by atoms with Gasteiger partial charge < -0.3 is 0 Å². The van der Waals surface area contributed by atoms with E-state index in [-0.39, 0.29) is 11.0 Å². The van der Waals surface area contributed by atoms with E-state index >= 15 is 0 Å². The van der Waals surface area contributed by atoms with Gasteiger partial charge >= 0.3 is 0 Å². The maximum atomic E-state index is 11.0. The van der Waals surface area contributed by atoms with Gasteiger partial charge in [0.1, 0.15) is 5.78 Å². The third kappa shape index (κ3) is 3.46. The standard InChI is InChI=1S/C11H13BrOS/c1-8(13)9(2)14-7-10-5-3-4-6-11(10)12/h3-6,9H,7H2,1-2H3. The largest absolute Gasteiger partial charge is 0.299 e. The summed E-state index contributed by atoms with van der Waals surface area (Å²) >= 11 is 5.16. The lowest BCUT2D eigenvalue weighted by molar-refractivity contribution is -0.116. The van der Waals surface area contributed by atoms with Crippen molar-refractivity contribution < 1.29 is 4.79 Å². The van der Waals surface area contributed by atoms with E-state index < -0.39 is 0 Å². The first-order valence-electron chi connectivity index (χ1n) is 4.46. The van der Waals surface area contributed by atoms with E-state index in [1.807, 2.05) is 25.1 Å². The number of thioether (sulfide) groups is 1. The molecule has 0 spiro atoms. The monoisotopic (exact) mass is 272 g/mol. The van der Waals surface area contributed by atoms with Gasteiger partial charge in [0.2, 0.25) is 0 Å². The van der Waals surface area contributed by atoms with E-state index in [4.69, 9.17) is 0 Å². The van der Waals surface area contributed by atoms with E-state index in [0.29, 0.717) is 0 Å². The van der Waals surface area contributed by atoms with Crippen LogP contribution in [0.5, 0.6) is 0 Å². The summed E-state index contributed by atoms with van der Waals surface area (Å²) in [7, 11) is 0. The topological polar surface area (TPSA) is 17.1 Å². The van der Waals surface area contributed by atoms with Crippen LogP contribution in [-0.4, -0.2) is 11.0 Å². The van der Waals surface area contributed by atoms with Gasteiger partial charge in [-0.1, -0.05) is 34.1 Å². The molecule has 1 aromatic rings. The molecule has 0 heterocycles. The first kappa shape index (κ1) is 11.8. The zero-order valence-electron chi connectivity index (χ0n) is 8.29. The van der Waals surface area contributed by atoms with Crippen molar-refractivity contribution in [1.82, 2.24) is 0 Å². The number of hydrogen-bond acceptors (Lipinski definition) is 2. The fourth-order valence-electron chi connectivity index (χ4n) is 0.948. The average molecular weight is 273 g/mol. The highest BCUT2D eigenvalue weighted by Crippen LogP contribution is 2.23. The van der Waals surface area contributed by atoms with Crippen LogP contribution in [0.1, 0.15) is 19.4 Å². The van der Waals surface area contributed by atoms with E-state index in [9.17, 15) is 4.79 Å². The lowest BCUT2D eigenvalue weighted by atomic mass is 10.2. The highest BCUT2D eigenvalue weighted by Gasteiger charge is 2.08. The van der Waals surface area contributed by atoms with Crippen molar-refractivity contribution in [2.45, 2.75) is 24.9 Å². The number of rotatable bonds is 4. The number of halogens is 1. The molecule has 1 atom stereocenters. The molecule has 1 unspecified atom stereocenters. The second kappa shape index (κ2) is 5.56. The summed E-state index contributed by atoms with van der Waals surface area (Å²) in [5, 5.41) is 0.0853. The molecule has 0 bridgehead atoms. The van der Waals surface area contributed by atoms with Crippen molar-refractivity contribution in [3.8, 4) is 0 Å². The molecule has 0 fully saturated rings. The van der Waals surface area contributed by atoms with Crippen LogP contribution in [0.15, 0.2) is 28.7 Å². The predicted molar refractivity (Wildman–Crippen MR) is 65.6 cm³/mol. The predicted octanol–water partition coefficient (Wildman–Crippen LogP) is 3.66. The summed E-state index contributed by atoms with van der Waals surface area (Å²) < 4.78 is 1.11. The molecular formula is C11H13BrOS. The second-order valence-corrected chi connectivity index (χ2v) is 5.34. The van der Waals surface area contributed by atoms with Crippen molar-refractivity contribution in [2.75, 3.05) is 0 Å². The van der Waals surface area contributed by atoms with Crippen LogP contribution < -0.4 is 0 Å². The van der Waals surface area contributed by atoms with Crippen LogP contribution >= 0.6 is 27.7 Å². The summed E-state index contributed by atoms with van der Waals surface area (Å²) in [6.07, 6.45) is 0. The van der Waals surface area contributed by atoms with Gasteiger partial charge in [0, 0.05) is 10.2 Å². The molecule has 0 aromatic heterocycles. The quantitative estimate of drug-likeness (QED) is 0.832. The lowest BCUT2D eigenvalue weighted by Gasteiger charge is -2.08. The van der Waals surface area contributed by atoms with Gasteiger partial charge in [-0.3, -0.25) is 4.79 Å². The van der Waals surface area contributed by atoms with Crippen molar-refractivity contribution in [2.24, 2.45) is 0 Å². The van der Waals surface area contributed by atoms with Crippen LogP contribution in [0.4, 0.5) is 0 Å². The Morgan fingerprint density at radius 2 is 2.14 bits per heavy atom. The molecule has 3 heteroatoms. The molecule has 0 aliphatic rings. The number of carbonyl (C=O) groups excluding carboxylic acids is 1. The minimum atomic E-state index is 0.0853. The van der Waals surface area contributed by atoms with E-state index in [0.717, 1.165) is 10.2 Å². The van der Waals surface area contributed by atoms with Gasteiger partial charge in [-0.05, 0) is 25.5 Å². The fraction of sp³-hybridized carbons (Fsp3) is 0.364. The molecule has 14 heavy (non-hydrogen) atoms. The molecule has 0 N–H and O–H groups in total. The number of ketones is 1. The molecule has 0 aliphatic carbocycles. The Morgan fingerprint density at radius 3 is 2.71 bits per heavy atom. The smallest absolute Gasteiger partial charge is 0.142 e. The third-order valence-electron chi connectivity index (χ3n) is 2.02. The SMILES string of the molecule is CC(=O)C(C)SCc1ccccc1Br. The van der Waals surface area contributed by atoms with E-state index in [1.165, 1.54) is 5.56 Å². The van der Waals surface area contributed by atoms with Crippen molar-refractivity contribution in [3.05, 3.63) is 34.3 Å². The highest BCUT2D eigenvalue weighted by molar-refractivity contribution is 9.10. The third-order valence-corrected chi connectivity index (χ3v) is 4.10. The normalized spacial score (nSPS) is 12.5. The molecule has 1 rings (SSSR count). The lowest BCUT2D eigenvalue weighted by Crippen LogP contribution is -2.08. The Kier molecular flexibility index (Phi) is 4.69. The molecule has 0 amide bonds. The highest BCUT2D eigenvalue weighted by atomic mass is 79.9. The van der Waals surface area contributed by atoms with Crippen molar-refractivity contribution in [1.29, 1.82) is 0 Å². The average Bonchev–Trinajstić information content (AvgIpc) is 2.16. The van der Waals surface area contributed by atoms with Crippen LogP contribution in [0.3, 0.4) is 0 Å². The van der Waals surface area contributed by atoms with Crippen LogP contribution in [0.25, 0.3) is 0 Å². The Labute approximate surface area is 97.4 Å². The summed E-state index contributed by atoms with van der Waals surface area (Å²) in [6.45, 7) is 3.58. The van der Waals surface area contributed by atoms with Crippen LogP contribution in [0, 0.1) is 0 Å². The fourth-order valence-corrected chi connectivity index (χ4v) is 2.47. The van der Waals surface area contributed by atoms with Gasteiger partial charge in [0.25, 0.3) is 0 Å². The molecule has 0 aliphatic heterocycles. The summed E-state index contributed by atoms with van der Waals surface area (Å²) in [5.41, 5.74) is 1.24. The minimum absolute atomic E-state index is 0.0853. The molecule has 0 radical (unpaired) electrons. The van der Waals surface area contributed by atoms with Gasteiger partial charge in [-0.25, -0.2) is 0 Å². The zero-order valence-corrected chi connectivity index (χ0v) is 10.7. The number of benzene rings is 1. The van der Waals surface area contributed by atoms with Gasteiger partial charge in [0.15, 0.2) is 0 Å². The summed E-state index contributed by atoms with van der Waals surface area (Å²) in [6, 6.07) is 8.10. The van der Waals surface area contributed by atoms with Crippen molar-refractivity contribution in [3.63, 3.8) is 0 Å². The molecule has 1 aromatic carbocycles. The Balaban J connectivity index is 2.54. The number of carbonyl (C=O) groups is 1. The molecular weight excluding hydrogens is 260 g/mol. The first-order chi connectivity index (χ1) is 6.61. The van der Waals surface area contributed by atoms with Gasteiger partial charge in [-0.2, -0.15) is 0 Å². The van der Waals surface area contributed by atoms with Gasteiger partial charge in [0.05, 0.1) is 5.25 Å².